The second-order valence-electron chi connectivity index (χ2n) is 7.83. The molecule has 1 fully saturated rings. The van der Waals surface area contributed by atoms with Crippen molar-refractivity contribution >= 4 is 41.7 Å². The third-order valence-corrected chi connectivity index (χ3v) is 5.41. The van der Waals surface area contributed by atoms with E-state index in [4.69, 9.17) is 20.9 Å². The average molecular weight is 442 g/mol. The Kier molecular flexibility index (Phi) is 5.79. The Morgan fingerprint density at radius 3 is 2.27 bits per heavy atom. The monoisotopic (exact) mass is 441 g/mol. The number of halogens is 4. The number of aromatic nitrogens is 1. The van der Waals surface area contributed by atoms with Crippen molar-refractivity contribution in [1.82, 2.24) is 4.98 Å². The molecule has 1 aliphatic heterocycles. The molecule has 6 nitrogen and oxygen atoms in total. The number of benzene rings is 1. The second kappa shape index (κ2) is 7.75. The zero-order valence-electron chi connectivity index (χ0n) is 16.7. The molecule has 0 unspecified atom stereocenters. The third kappa shape index (κ3) is 4.71. The molecule has 3 rings (SSSR count). The van der Waals surface area contributed by atoms with Gasteiger partial charge in [-0.1, -0.05) is 17.7 Å². The van der Waals surface area contributed by atoms with Crippen molar-refractivity contribution in [2.24, 2.45) is 0 Å². The number of alkyl halides is 3. The standard InChI is InChI=1S/C19H20BClF3N3O3/c1-17(2)18(3,4)30-20(29-17)12-5-6-14(13(21)10-12)26-16(28)27-15-9-11(7-8-25-15)19(22,23)24/h5-10H,1-4H3,(H2,25,26,27,28). The molecule has 0 spiro atoms. The highest BCUT2D eigenvalue weighted by atomic mass is 35.5. The van der Waals surface area contributed by atoms with Gasteiger partial charge in [-0.05, 0) is 57.4 Å². The van der Waals surface area contributed by atoms with Crippen LogP contribution in [-0.4, -0.2) is 29.3 Å². The van der Waals surface area contributed by atoms with E-state index < -0.39 is 36.1 Å². The Balaban J connectivity index is 1.69. The fourth-order valence-corrected chi connectivity index (χ4v) is 2.94. The van der Waals surface area contributed by atoms with Gasteiger partial charge in [0.1, 0.15) is 5.82 Å². The highest BCUT2D eigenvalue weighted by Crippen LogP contribution is 2.37. The van der Waals surface area contributed by atoms with Crippen LogP contribution in [0.4, 0.5) is 29.5 Å². The van der Waals surface area contributed by atoms with Gasteiger partial charge in [0, 0.05) is 6.20 Å². The Morgan fingerprint density at radius 1 is 1.07 bits per heavy atom. The van der Waals surface area contributed by atoms with E-state index in [1.165, 1.54) is 0 Å². The van der Waals surface area contributed by atoms with E-state index in [-0.39, 0.29) is 16.5 Å². The Bertz CT molecular complexity index is 954. The highest BCUT2D eigenvalue weighted by Gasteiger charge is 2.51. The van der Waals surface area contributed by atoms with Gasteiger partial charge in [0.15, 0.2) is 0 Å². The molecule has 1 saturated heterocycles. The molecule has 2 heterocycles. The van der Waals surface area contributed by atoms with Crippen molar-refractivity contribution in [3.63, 3.8) is 0 Å². The molecular weight excluding hydrogens is 421 g/mol. The molecule has 0 saturated carbocycles. The van der Waals surface area contributed by atoms with Crippen LogP contribution in [0.5, 0.6) is 0 Å². The van der Waals surface area contributed by atoms with E-state index in [0.29, 0.717) is 5.46 Å². The molecular formula is C19H20BClF3N3O3. The van der Waals surface area contributed by atoms with Crippen molar-refractivity contribution in [3.8, 4) is 0 Å². The topological polar surface area (TPSA) is 72.5 Å². The number of carbonyl (C=O) groups excluding carboxylic acids is 1. The Labute approximate surface area is 177 Å². The highest BCUT2D eigenvalue weighted by molar-refractivity contribution is 6.62. The minimum Gasteiger partial charge on any atom is -0.399 e. The lowest BCUT2D eigenvalue weighted by Gasteiger charge is -2.32. The van der Waals surface area contributed by atoms with Gasteiger partial charge in [-0.2, -0.15) is 13.2 Å². The number of rotatable bonds is 3. The van der Waals surface area contributed by atoms with Crippen LogP contribution in [0.2, 0.25) is 5.02 Å². The molecule has 0 radical (unpaired) electrons. The zero-order chi connectivity index (χ0) is 22.3. The van der Waals surface area contributed by atoms with Gasteiger partial charge in [0.25, 0.3) is 0 Å². The number of nitrogens with one attached hydrogen (secondary N) is 2. The lowest BCUT2D eigenvalue weighted by molar-refractivity contribution is -0.137. The molecule has 2 aromatic rings. The molecule has 0 aliphatic carbocycles. The average Bonchev–Trinajstić information content (AvgIpc) is 2.84. The van der Waals surface area contributed by atoms with E-state index in [1.807, 2.05) is 27.7 Å². The van der Waals surface area contributed by atoms with Crippen LogP contribution in [0.3, 0.4) is 0 Å². The second-order valence-corrected chi connectivity index (χ2v) is 8.24. The first-order chi connectivity index (χ1) is 13.8. The van der Waals surface area contributed by atoms with E-state index in [0.717, 1.165) is 18.3 Å². The maximum atomic E-state index is 12.8. The molecule has 160 valence electrons. The lowest BCUT2D eigenvalue weighted by atomic mass is 9.79. The minimum atomic E-state index is -4.54. The number of carbonyl (C=O) groups is 1. The summed E-state index contributed by atoms with van der Waals surface area (Å²) in [6.45, 7) is 7.71. The fraction of sp³-hybridized carbons (Fsp3) is 0.368. The van der Waals surface area contributed by atoms with Crippen LogP contribution in [0.15, 0.2) is 36.5 Å². The number of hydrogen-bond donors (Lipinski definition) is 2. The predicted molar refractivity (Wildman–Crippen MR) is 109 cm³/mol. The van der Waals surface area contributed by atoms with Crippen molar-refractivity contribution in [2.45, 2.75) is 45.1 Å². The summed E-state index contributed by atoms with van der Waals surface area (Å²) in [5.74, 6) is -0.243. The molecule has 1 aliphatic rings. The number of pyridine rings is 1. The summed E-state index contributed by atoms with van der Waals surface area (Å²) in [6.07, 6.45) is -3.58. The van der Waals surface area contributed by atoms with Crippen LogP contribution in [0, 0.1) is 0 Å². The number of hydrogen-bond acceptors (Lipinski definition) is 4. The fourth-order valence-electron chi connectivity index (χ4n) is 2.70. The molecule has 2 N–H and O–H groups in total. The number of anilines is 2. The van der Waals surface area contributed by atoms with Gasteiger partial charge < -0.3 is 14.6 Å². The SMILES string of the molecule is CC1(C)OB(c2ccc(NC(=O)Nc3cc(C(F)(F)F)ccn3)c(Cl)c2)OC1(C)C. The van der Waals surface area contributed by atoms with Crippen molar-refractivity contribution < 1.29 is 27.3 Å². The van der Waals surface area contributed by atoms with Crippen LogP contribution in [-0.2, 0) is 15.5 Å². The summed E-state index contributed by atoms with van der Waals surface area (Å²) >= 11 is 6.26. The molecule has 1 aromatic heterocycles. The minimum absolute atomic E-state index is 0.217. The lowest BCUT2D eigenvalue weighted by Crippen LogP contribution is -2.41. The van der Waals surface area contributed by atoms with Crippen molar-refractivity contribution in [1.29, 1.82) is 0 Å². The number of amides is 2. The molecule has 0 atom stereocenters. The van der Waals surface area contributed by atoms with Crippen LogP contribution in [0.1, 0.15) is 33.3 Å². The molecule has 1 aromatic carbocycles. The summed E-state index contributed by atoms with van der Waals surface area (Å²) in [4.78, 5) is 15.9. The molecule has 2 amide bonds. The summed E-state index contributed by atoms with van der Waals surface area (Å²) in [7, 11) is -0.621. The van der Waals surface area contributed by atoms with Gasteiger partial charge in [-0.3, -0.25) is 5.32 Å². The predicted octanol–water partition coefficient (Wildman–Crippen LogP) is 4.70. The zero-order valence-corrected chi connectivity index (χ0v) is 17.5. The van der Waals surface area contributed by atoms with E-state index in [1.54, 1.807) is 18.2 Å². The van der Waals surface area contributed by atoms with E-state index in [9.17, 15) is 18.0 Å². The summed E-state index contributed by atoms with van der Waals surface area (Å²) in [5.41, 5.74) is -1.01. The van der Waals surface area contributed by atoms with Crippen molar-refractivity contribution in [3.05, 3.63) is 47.1 Å². The van der Waals surface area contributed by atoms with Crippen LogP contribution in [0.25, 0.3) is 0 Å². The van der Waals surface area contributed by atoms with Gasteiger partial charge >= 0.3 is 19.3 Å². The van der Waals surface area contributed by atoms with E-state index in [2.05, 4.69) is 15.6 Å². The van der Waals surface area contributed by atoms with Gasteiger partial charge in [0.2, 0.25) is 0 Å². The first-order valence-electron chi connectivity index (χ1n) is 9.05. The first kappa shape index (κ1) is 22.4. The van der Waals surface area contributed by atoms with Crippen molar-refractivity contribution in [2.75, 3.05) is 10.6 Å². The van der Waals surface area contributed by atoms with E-state index >= 15 is 0 Å². The maximum Gasteiger partial charge on any atom is 0.494 e. The molecule has 0 bridgehead atoms. The van der Waals surface area contributed by atoms with Crippen LogP contribution >= 0.6 is 11.6 Å². The van der Waals surface area contributed by atoms with Crippen LogP contribution < -0.4 is 16.1 Å². The quantitative estimate of drug-likeness (QED) is 0.678. The molecule has 30 heavy (non-hydrogen) atoms. The summed E-state index contributed by atoms with van der Waals surface area (Å²) in [6, 6.07) is 5.61. The first-order valence-corrected chi connectivity index (χ1v) is 9.43. The normalized spacial score (nSPS) is 17.7. The Morgan fingerprint density at radius 2 is 1.70 bits per heavy atom. The third-order valence-electron chi connectivity index (χ3n) is 5.10. The largest absolute Gasteiger partial charge is 0.494 e. The maximum absolute atomic E-state index is 12.8. The number of nitrogens with zero attached hydrogens (tertiary/aromatic N) is 1. The summed E-state index contributed by atoms with van der Waals surface area (Å²) in [5, 5.41) is 4.95. The van der Waals surface area contributed by atoms with Gasteiger partial charge in [-0.25, -0.2) is 9.78 Å². The number of urea groups is 1. The van der Waals surface area contributed by atoms with Gasteiger partial charge in [0.05, 0.1) is 27.5 Å². The summed E-state index contributed by atoms with van der Waals surface area (Å²) < 4.78 is 50.2. The molecule has 11 heteroatoms. The smallest absolute Gasteiger partial charge is 0.399 e. The van der Waals surface area contributed by atoms with Gasteiger partial charge in [-0.15, -0.1) is 0 Å². The Hall–Kier alpha value is -2.30.